The molecule has 4 rings (SSSR count). The molecule has 1 unspecified atom stereocenters. The van der Waals surface area contributed by atoms with Gasteiger partial charge in [0.2, 0.25) is 11.8 Å². The van der Waals surface area contributed by atoms with E-state index < -0.39 is 6.04 Å². The van der Waals surface area contributed by atoms with Crippen LogP contribution in [-0.2, 0) is 22.4 Å². The van der Waals surface area contributed by atoms with E-state index in [-0.39, 0.29) is 18.2 Å². The Kier molecular flexibility index (Phi) is 5.74. The van der Waals surface area contributed by atoms with Gasteiger partial charge in [-0.25, -0.2) is 9.50 Å². The van der Waals surface area contributed by atoms with E-state index in [1.54, 1.807) is 4.52 Å². The van der Waals surface area contributed by atoms with Crippen LogP contribution in [0.3, 0.4) is 0 Å². The summed E-state index contributed by atoms with van der Waals surface area (Å²) in [6.07, 6.45) is 2.48. The summed E-state index contributed by atoms with van der Waals surface area (Å²) >= 11 is 0. The highest BCUT2D eigenvalue weighted by Crippen LogP contribution is 2.13. The molecule has 8 nitrogen and oxygen atoms in total. The topological polar surface area (TPSA) is 92.5 Å². The fourth-order valence-electron chi connectivity index (χ4n) is 3.88. The predicted molar refractivity (Wildman–Crippen MR) is 112 cm³/mol. The smallest absolute Gasteiger partial charge is 0.252 e. The molecule has 0 radical (unpaired) electrons. The summed E-state index contributed by atoms with van der Waals surface area (Å²) in [4.78, 5) is 36.4. The summed E-state index contributed by atoms with van der Waals surface area (Å²) in [5, 5.41) is 7.31. The second kappa shape index (κ2) is 8.61. The van der Waals surface area contributed by atoms with E-state index in [0.29, 0.717) is 18.0 Å². The van der Waals surface area contributed by atoms with Crippen LogP contribution in [0.25, 0.3) is 5.78 Å². The number of aryl methyl sites for hydroxylation is 2. The van der Waals surface area contributed by atoms with Crippen LogP contribution in [0.15, 0.2) is 36.4 Å². The van der Waals surface area contributed by atoms with Gasteiger partial charge in [0.05, 0.1) is 6.42 Å². The zero-order chi connectivity index (χ0) is 21.1. The van der Waals surface area contributed by atoms with Crippen molar-refractivity contribution in [2.75, 3.05) is 13.1 Å². The van der Waals surface area contributed by atoms with Gasteiger partial charge in [-0.15, -0.1) is 5.10 Å². The lowest BCUT2D eigenvalue weighted by Gasteiger charge is -2.24. The van der Waals surface area contributed by atoms with Gasteiger partial charge in [-0.2, -0.15) is 4.98 Å². The van der Waals surface area contributed by atoms with Crippen molar-refractivity contribution in [3.8, 4) is 0 Å². The lowest BCUT2D eigenvalue weighted by atomic mass is 10.0. The van der Waals surface area contributed by atoms with E-state index >= 15 is 0 Å². The molecule has 1 fully saturated rings. The zero-order valence-electron chi connectivity index (χ0n) is 17.3. The van der Waals surface area contributed by atoms with Gasteiger partial charge >= 0.3 is 0 Å². The number of hydrogen-bond acceptors (Lipinski definition) is 5. The van der Waals surface area contributed by atoms with E-state index in [1.165, 1.54) is 0 Å². The third-order valence-corrected chi connectivity index (χ3v) is 5.31. The average molecular weight is 406 g/mol. The Bertz CT molecular complexity index is 1060. The lowest BCUT2D eigenvalue weighted by molar-refractivity contribution is -0.135. The second-order valence-electron chi connectivity index (χ2n) is 7.80. The van der Waals surface area contributed by atoms with Crippen LogP contribution >= 0.6 is 0 Å². The van der Waals surface area contributed by atoms with Crippen LogP contribution in [0, 0.1) is 13.8 Å². The molecule has 0 bridgehead atoms. The normalized spacial score (nSPS) is 14.8. The van der Waals surface area contributed by atoms with Gasteiger partial charge in [0.1, 0.15) is 6.04 Å². The summed E-state index contributed by atoms with van der Waals surface area (Å²) in [6, 6.07) is 11.1. The number of hydrogen-bond donors (Lipinski definition) is 1. The maximum absolute atomic E-state index is 13.0. The largest absolute Gasteiger partial charge is 0.344 e. The third-order valence-electron chi connectivity index (χ3n) is 5.31. The fourth-order valence-corrected chi connectivity index (χ4v) is 3.88. The van der Waals surface area contributed by atoms with Crippen LogP contribution in [0.5, 0.6) is 0 Å². The first-order chi connectivity index (χ1) is 14.5. The van der Waals surface area contributed by atoms with Crippen LogP contribution in [0.1, 0.15) is 35.6 Å². The number of aromatic nitrogens is 4. The third kappa shape index (κ3) is 4.48. The SMILES string of the molecule is Cc1cc(C)n2nc(CC(=O)NC(Cc3ccccc3)C(=O)N3CCCC3)nc2n1. The average Bonchev–Trinajstić information content (AvgIpc) is 3.37. The number of fused-ring (bicyclic) bond motifs is 1. The minimum atomic E-state index is -0.600. The first-order valence-corrected chi connectivity index (χ1v) is 10.3. The Balaban J connectivity index is 1.49. The molecule has 1 aromatic carbocycles. The van der Waals surface area contributed by atoms with E-state index in [4.69, 9.17) is 0 Å². The number of likely N-dealkylation sites (tertiary alicyclic amines) is 1. The van der Waals surface area contributed by atoms with Gasteiger partial charge in [-0.3, -0.25) is 9.59 Å². The molecule has 30 heavy (non-hydrogen) atoms. The number of rotatable bonds is 6. The quantitative estimate of drug-likeness (QED) is 0.672. The maximum Gasteiger partial charge on any atom is 0.252 e. The van der Waals surface area contributed by atoms with Gasteiger partial charge in [0.15, 0.2) is 5.82 Å². The molecular formula is C22H26N6O2. The maximum atomic E-state index is 13.0. The van der Waals surface area contributed by atoms with Crippen molar-refractivity contribution in [3.63, 3.8) is 0 Å². The van der Waals surface area contributed by atoms with Gasteiger partial charge in [0.25, 0.3) is 5.78 Å². The molecule has 0 saturated carbocycles. The van der Waals surface area contributed by atoms with Crippen molar-refractivity contribution in [2.24, 2.45) is 0 Å². The number of nitrogens with zero attached hydrogens (tertiary/aromatic N) is 5. The Morgan fingerprint density at radius 3 is 2.57 bits per heavy atom. The molecule has 0 spiro atoms. The van der Waals surface area contributed by atoms with Crippen molar-refractivity contribution >= 4 is 17.6 Å². The van der Waals surface area contributed by atoms with Crippen molar-refractivity contribution in [2.45, 2.75) is 45.6 Å². The molecule has 156 valence electrons. The zero-order valence-corrected chi connectivity index (χ0v) is 17.3. The molecule has 3 heterocycles. The summed E-state index contributed by atoms with van der Waals surface area (Å²) < 4.78 is 1.63. The van der Waals surface area contributed by atoms with Crippen LogP contribution in [0.4, 0.5) is 0 Å². The molecule has 0 aliphatic carbocycles. The number of nitrogens with one attached hydrogen (secondary N) is 1. The molecule has 1 saturated heterocycles. The standard InChI is InChI=1S/C22H26N6O2/c1-15-12-16(2)28-22(23-15)25-19(26-28)14-20(29)24-18(13-17-8-4-3-5-9-17)21(30)27-10-6-7-11-27/h3-5,8-9,12,18H,6-7,10-11,13-14H2,1-2H3,(H,24,29). The Hall–Kier alpha value is -3.29. The number of benzene rings is 1. The molecule has 1 aliphatic rings. The summed E-state index contributed by atoms with van der Waals surface area (Å²) in [5.74, 6) is 0.569. The van der Waals surface area contributed by atoms with Crippen molar-refractivity contribution in [1.29, 1.82) is 0 Å². The molecule has 3 aromatic rings. The van der Waals surface area contributed by atoms with Crippen LogP contribution in [0.2, 0.25) is 0 Å². The number of amides is 2. The van der Waals surface area contributed by atoms with E-state index in [1.807, 2.05) is 55.1 Å². The van der Waals surface area contributed by atoms with Crippen molar-refractivity contribution in [1.82, 2.24) is 29.8 Å². The van der Waals surface area contributed by atoms with E-state index in [9.17, 15) is 9.59 Å². The Morgan fingerprint density at radius 2 is 1.83 bits per heavy atom. The first kappa shape index (κ1) is 20.0. The highest BCUT2D eigenvalue weighted by Gasteiger charge is 2.28. The van der Waals surface area contributed by atoms with Gasteiger partial charge in [-0.05, 0) is 38.3 Å². The molecule has 2 aromatic heterocycles. The van der Waals surface area contributed by atoms with Gasteiger partial charge in [0, 0.05) is 30.9 Å². The molecule has 2 amide bonds. The highest BCUT2D eigenvalue weighted by molar-refractivity contribution is 5.88. The molecule has 1 atom stereocenters. The van der Waals surface area contributed by atoms with Gasteiger partial charge in [-0.1, -0.05) is 30.3 Å². The van der Waals surface area contributed by atoms with Gasteiger partial charge < -0.3 is 10.2 Å². The Morgan fingerprint density at radius 1 is 1.10 bits per heavy atom. The number of carbonyl (C=O) groups excluding carboxylic acids is 2. The molecule has 1 aliphatic heterocycles. The minimum Gasteiger partial charge on any atom is -0.344 e. The first-order valence-electron chi connectivity index (χ1n) is 10.3. The fraction of sp³-hybridized carbons (Fsp3) is 0.409. The van der Waals surface area contributed by atoms with Crippen molar-refractivity contribution < 1.29 is 9.59 Å². The lowest BCUT2D eigenvalue weighted by Crippen LogP contribution is -2.49. The second-order valence-corrected chi connectivity index (χ2v) is 7.80. The molecule has 1 N–H and O–H groups in total. The summed E-state index contributed by atoms with van der Waals surface area (Å²) in [6.45, 7) is 5.31. The minimum absolute atomic E-state index is 0.000414. The van der Waals surface area contributed by atoms with Crippen molar-refractivity contribution in [3.05, 3.63) is 59.2 Å². The molecular weight excluding hydrogens is 380 g/mol. The Labute approximate surface area is 175 Å². The number of carbonyl (C=O) groups is 2. The van der Waals surface area contributed by atoms with E-state index in [0.717, 1.165) is 42.9 Å². The predicted octanol–water partition coefficient (Wildman–Crippen LogP) is 1.63. The van der Waals surface area contributed by atoms with Crippen LogP contribution in [-0.4, -0.2) is 55.4 Å². The summed E-state index contributed by atoms with van der Waals surface area (Å²) in [7, 11) is 0. The monoisotopic (exact) mass is 406 g/mol. The summed E-state index contributed by atoms with van der Waals surface area (Å²) in [5.41, 5.74) is 2.77. The molecule has 8 heteroatoms. The van der Waals surface area contributed by atoms with E-state index in [2.05, 4.69) is 20.4 Å². The van der Waals surface area contributed by atoms with Crippen LogP contribution < -0.4 is 5.32 Å². The highest BCUT2D eigenvalue weighted by atomic mass is 16.2.